The summed E-state index contributed by atoms with van der Waals surface area (Å²) in [6.45, 7) is 2.08. The number of rotatable bonds is 2. The molecule has 0 aliphatic carbocycles. The van der Waals surface area contributed by atoms with Crippen molar-refractivity contribution in [3.8, 4) is 16.9 Å². The molecular weight excluding hydrogens is 407 g/mol. The van der Waals surface area contributed by atoms with Gasteiger partial charge >= 0.3 is 0 Å². The van der Waals surface area contributed by atoms with E-state index in [9.17, 15) is 0 Å². The molecule has 20 heavy (non-hydrogen) atoms. The van der Waals surface area contributed by atoms with Crippen LogP contribution in [0.3, 0.4) is 0 Å². The van der Waals surface area contributed by atoms with Crippen LogP contribution in [0.25, 0.3) is 21.3 Å². The quantitative estimate of drug-likeness (QED) is 0.439. The van der Waals surface area contributed by atoms with Crippen molar-refractivity contribution in [3.63, 3.8) is 0 Å². The van der Waals surface area contributed by atoms with Crippen LogP contribution >= 0.6 is 45.5 Å². The third-order valence-corrected chi connectivity index (χ3v) is 4.89. The van der Waals surface area contributed by atoms with E-state index in [1.807, 2.05) is 6.07 Å². The number of aromatic nitrogens is 2. The Hall–Kier alpha value is -0.920. The second-order valence-electron chi connectivity index (χ2n) is 4.23. The molecule has 3 nitrogen and oxygen atoms in total. The maximum absolute atomic E-state index is 5.94. The highest BCUT2D eigenvalue weighted by Gasteiger charge is 2.17. The summed E-state index contributed by atoms with van der Waals surface area (Å²) in [6, 6.07) is 6.14. The summed E-state index contributed by atoms with van der Waals surface area (Å²) in [5.41, 5.74) is 2.99. The number of hydrogen-bond donors (Lipinski definition) is 0. The van der Waals surface area contributed by atoms with Crippen molar-refractivity contribution in [1.29, 1.82) is 0 Å². The Morgan fingerprint density at radius 1 is 1.35 bits per heavy atom. The topological polar surface area (TPSA) is 35.0 Å². The number of halogens is 2. The van der Waals surface area contributed by atoms with Gasteiger partial charge in [0.1, 0.15) is 5.75 Å². The first-order valence-electron chi connectivity index (χ1n) is 5.85. The first kappa shape index (κ1) is 14.0. The molecule has 0 saturated carbocycles. The Balaban J connectivity index is 2.34. The van der Waals surface area contributed by atoms with E-state index in [-0.39, 0.29) is 5.28 Å². The predicted molar refractivity (Wildman–Crippen MR) is 91.9 cm³/mol. The largest absolute Gasteiger partial charge is 0.496 e. The van der Waals surface area contributed by atoms with Gasteiger partial charge in [0.25, 0.3) is 0 Å². The summed E-state index contributed by atoms with van der Waals surface area (Å²) >= 11 is 9.87. The first-order chi connectivity index (χ1) is 9.60. The maximum Gasteiger partial charge on any atom is 0.222 e. The van der Waals surface area contributed by atoms with Crippen molar-refractivity contribution in [1.82, 2.24) is 9.97 Å². The fourth-order valence-corrected chi connectivity index (χ4v) is 3.76. The normalized spacial score (nSPS) is 11.0. The summed E-state index contributed by atoms with van der Waals surface area (Å²) in [4.78, 5) is 9.60. The third-order valence-electron chi connectivity index (χ3n) is 3.01. The van der Waals surface area contributed by atoms with Crippen LogP contribution in [0, 0.1) is 10.5 Å². The highest BCUT2D eigenvalue weighted by molar-refractivity contribution is 14.1. The van der Waals surface area contributed by atoms with Crippen LogP contribution in [0.5, 0.6) is 5.75 Å². The van der Waals surface area contributed by atoms with Crippen LogP contribution in [0.4, 0.5) is 0 Å². The van der Waals surface area contributed by atoms with Crippen LogP contribution in [-0.2, 0) is 0 Å². The molecule has 0 saturated heterocycles. The van der Waals surface area contributed by atoms with Gasteiger partial charge in [-0.25, -0.2) is 9.97 Å². The standard InChI is InChI=1S/C14H10ClIN2OS/c1-7-12(9-4-3-8(16)5-10(9)19-2)13-11(20-7)6-17-14(15)18-13/h3-6H,1-2H3. The van der Waals surface area contributed by atoms with Gasteiger partial charge in [-0.05, 0) is 59.3 Å². The maximum atomic E-state index is 5.94. The smallest absolute Gasteiger partial charge is 0.222 e. The third kappa shape index (κ3) is 2.38. The number of fused-ring (bicyclic) bond motifs is 1. The molecule has 2 heterocycles. The van der Waals surface area contributed by atoms with Crippen LogP contribution in [0.15, 0.2) is 24.4 Å². The zero-order valence-corrected chi connectivity index (χ0v) is 14.5. The molecule has 6 heteroatoms. The number of aryl methyl sites for hydroxylation is 1. The number of benzene rings is 1. The molecule has 3 aromatic rings. The van der Waals surface area contributed by atoms with Gasteiger partial charge in [-0.1, -0.05) is 0 Å². The number of ether oxygens (including phenoxy) is 1. The van der Waals surface area contributed by atoms with E-state index < -0.39 is 0 Å². The molecule has 3 rings (SSSR count). The summed E-state index contributed by atoms with van der Waals surface area (Å²) in [5.74, 6) is 0.842. The number of thiophene rings is 1. The second kappa shape index (κ2) is 5.46. The fraction of sp³-hybridized carbons (Fsp3) is 0.143. The van der Waals surface area contributed by atoms with E-state index in [1.54, 1.807) is 24.6 Å². The van der Waals surface area contributed by atoms with Crippen LogP contribution in [0.1, 0.15) is 4.88 Å². The molecule has 2 aromatic heterocycles. The minimum absolute atomic E-state index is 0.265. The molecule has 102 valence electrons. The van der Waals surface area contributed by atoms with Crippen LogP contribution < -0.4 is 4.74 Å². The monoisotopic (exact) mass is 416 g/mol. The molecule has 0 aliphatic rings. The van der Waals surface area contributed by atoms with Crippen molar-refractivity contribution in [2.24, 2.45) is 0 Å². The molecule has 0 fully saturated rings. The van der Waals surface area contributed by atoms with Gasteiger partial charge < -0.3 is 4.74 Å². The Labute approximate surface area is 139 Å². The molecule has 0 atom stereocenters. The molecule has 0 bridgehead atoms. The molecular formula is C14H10ClIN2OS. The molecule has 0 spiro atoms. The minimum atomic E-state index is 0.265. The van der Waals surface area contributed by atoms with E-state index >= 15 is 0 Å². The summed E-state index contributed by atoms with van der Waals surface area (Å²) in [7, 11) is 1.68. The molecule has 0 aliphatic heterocycles. The Kier molecular flexibility index (Phi) is 3.83. The van der Waals surface area contributed by atoms with Gasteiger partial charge in [-0.3, -0.25) is 0 Å². The van der Waals surface area contributed by atoms with E-state index in [4.69, 9.17) is 16.3 Å². The lowest BCUT2D eigenvalue weighted by Crippen LogP contribution is -1.90. The lowest BCUT2D eigenvalue weighted by Gasteiger charge is -2.09. The second-order valence-corrected chi connectivity index (χ2v) is 7.07. The Morgan fingerprint density at radius 2 is 2.15 bits per heavy atom. The average Bonchev–Trinajstić information content (AvgIpc) is 2.74. The molecule has 0 radical (unpaired) electrons. The van der Waals surface area contributed by atoms with E-state index in [0.29, 0.717) is 0 Å². The zero-order valence-electron chi connectivity index (χ0n) is 10.8. The fourth-order valence-electron chi connectivity index (χ4n) is 2.17. The van der Waals surface area contributed by atoms with Crippen molar-refractivity contribution in [2.75, 3.05) is 7.11 Å². The number of nitrogens with zero attached hydrogens (tertiary/aromatic N) is 2. The molecule has 0 amide bonds. The lowest BCUT2D eigenvalue weighted by molar-refractivity contribution is 0.416. The Morgan fingerprint density at radius 3 is 2.90 bits per heavy atom. The van der Waals surface area contributed by atoms with Crippen molar-refractivity contribution in [2.45, 2.75) is 6.92 Å². The van der Waals surface area contributed by atoms with Gasteiger partial charge in [0, 0.05) is 25.8 Å². The Bertz CT molecular complexity index is 803. The predicted octanol–water partition coefficient (Wildman–Crippen LogP) is 4.93. The van der Waals surface area contributed by atoms with E-state index in [0.717, 1.165) is 30.7 Å². The average molecular weight is 417 g/mol. The number of hydrogen-bond acceptors (Lipinski definition) is 4. The zero-order chi connectivity index (χ0) is 14.3. The number of methoxy groups -OCH3 is 1. The summed E-state index contributed by atoms with van der Waals surface area (Å²) in [6.07, 6.45) is 1.77. The first-order valence-corrected chi connectivity index (χ1v) is 8.13. The molecule has 0 unspecified atom stereocenters. The van der Waals surface area contributed by atoms with Crippen molar-refractivity contribution < 1.29 is 4.74 Å². The van der Waals surface area contributed by atoms with Gasteiger partial charge in [0.05, 0.1) is 17.3 Å². The van der Waals surface area contributed by atoms with Gasteiger partial charge in [0.2, 0.25) is 5.28 Å². The van der Waals surface area contributed by atoms with Gasteiger partial charge in [-0.15, -0.1) is 11.3 Å². The van der Waals surface area contributed by atoms with Crippen LogP contribution in [-0.4, -0.2) is 17.1 Å². The van der Waals surface area contributed by atoms with Crippen LogP contribution in [0.2, 0.25) is 5.28 Å². The minimum Gasteiger partial charge on any atom is -0.496 e. The summed E-state index contributed by atoms with van der Waals surface area (Å²) < 4.78 is 7.67. The molecule has 1 aromatic carbocycles. The van der Waals surface area contributed by atoms with E-state index in [1.165, 1.54) is 4.88 Å². The highest BCUT2D eigenvalue weighted by atomic mass is 127. The highest BCUT2D eigenvalue weighted by Crippen LogP contribution is 2.41. The van der Waals surface area contributed by atoms with Gasteiger partial charge in [-0.2, -0.15) is 0 Å². The summed E-state index contributed by atoms with van der Waals surface area (Å²) in [5, 5.41) is 0.265. The van der Waals surface area contributed by atoms with Gasteiger partial charge in [0.15, 0.2) is 0 Å². The SMILES string of the molecule is COc1cc(I)ccc1-c1c(C)sc2cnc(Cl)nc12. The molecule has 0 N–H and O–H groups in total. The van der Waals surface area contributed by atoms with E-state index in [2.05, 4.69) is 51.6 Å². The van der Waals surface area contributed by atoms with Crippen molar-refractivity contribution in [3.05, 3.63) is 38.1 Å². The lowest BCUT2D eigenvalue weighted by atomic mass is 10.0. The van der Waals surface area contributed by atoms with Crippen molar-refractivity contribution >= 4 is 55.7 Å².